The van der Waals surface area contributed by atoms with Gasteiger partial charge >= 0.3 is 0 Å². The van der Waals surface area contributed by atoms with E-state index < -0.39 is 0 Å². The van der Waals surface area contributed by atoms with E-state index in [-0.39, 0.29) is 6.17 Å². The summed E-state index contributed by atoms with van der Waals surface area (Å²) in [6, 6.07) is 15.7. The number of nitrogens with one attached hydrogen (secondary N) is 4. The smallest absolute Gasteiger partial charge is 0.150 e. The quantitative estimate of drug-likeness (QED) is 0.621. The van der Waals surface area contributed by atoms with Gasteiger partial charge in [0.2, 0.25) is 0 Å². The number of carbonyl (C=O) groups excluding carboxylic acids is 1. The summed E-state index contributed by atoms with van der Waals surface area (Å²) in [7, 11) is 0. The molecule has 2 aromatic rings. The number of rotatable bonds is 3. The van der Waals surface area contributed by atoms with Gasteiger partial charge in [0.25, 0.3) is 0 Å². The molecule has 2 aromatic carbocycles. The van der Waals surface area contributed by atoms with Crippen molar-refractivity contribution in [2.45, 2.75) is 6.17 Å². The summed E-state index contributed by atoms with van der Waals surface area (Å²) in [5.74, 6) is 0. The van der Waals surface area contributed by atoms with Crippen molar-refractivity contribution in [1.82, 2.24) is 21.9 Å². The fourth-order valence-electron chi connectivity index (χ4n) is 2.16. The molecule has 0 saturated carbocycles. The molecule has 1 aliphatic heterocycles. The lowest BCUT2D eigenvalue weighted by Gasteiger charge is -2.15. The Balaban J connectivity index is 2.00. The third kappa shape index (κ3) is 2.40. The van der Waals surface area contributed by atoms with Gasteiger partial charge in [-0.2, -0.15) is 11.1 Å². The minimum absolute atomic E-state index is 0.0121. The molecule has 96 valence electrons. The maximum atomic E-state index is 10.7. The van der Waals surface area contributed by atoms with Crippen LogP contribution in [0.1, 0.15) is 22.1 Å². The second-order valence-corrected chi connectivity index (χ2v) is 4.30. The Morgan fingerprint density at radius 1 is 0.895 bits per heavy atom. The first kappa shape index (κ1) is 12.0. The highest BCUT2D eigenvalue weighted by Crippen LogP contribution is 2.27. The summed E-state index contributed by atoms with van der Waals surface area (Å²) in [5.41, 5.74) is 15.8. The van der Waals surface area contributed by atoms with Crippen LogP contribution in [0.5, 0.6) is 0 Å². The van der Waals surface area contributed by atoms with Crippen molar-refractivity contribution >= 4 is 6.29 Å². The highest BCUT2D eigenvalue weighted by Gasteiger charge is 2.18. The van der Waals surface area contributed by atoms with Gasteiger partial charge in [-0.25, -0.2) is 10.9 Å². The Hall–Kier alpha value is -2.05. The molecule has 0 atom stereocenters. The molecule has 1 fully saturated rings. The number of carbonyl (C=O) groups is 1. The number of benzene rings is 2. The third-order valence-corrected chi connectivity index (χ3v) is 3.13. The second kappa shape index (κ2) is 5.29. The first-order valence-electron chi connectivity index (χ1n) is 6.04. The second-order valence-electron chi connectivity index (χ2n) is 4.30. The highest BCUT2D eigenvalue weighted by molar-refractivity contribution is 5.77. The van der Waals surface area contributed by atoms with Crippen LogP contribution in [0.3, 0.4) is 0 Å². The highest BCUT2D eigenvalue weighted by atomic mass is 16.1. The van der Waals surface area contributed by atoms with Gasteiger partial charge in [0.05, 0.1) is 0 Å². The summed E-state index contributed by atoms with van der Waals surface area (Å²) < 4.78 is 0. The molecule has 0 aliphatic carbocycles. The number of hydrazine groups is 3. The van der Waals surface area contributed by atoms with Crippen LogP contribution in [0.25, 0.3) is 11.1 Å². The fraction of sp³-hybridized carbons (Fsp3) is 0.0714. The molecule has 1 heterocycles. The summed E-state index contributed by atoms with van der Waals surface area (Å²) >= 11 is 0. The summed E-state index contributed by atoms with van der Waals surface area (Å²) in [6.45, 7) is 0. The van der Waals surface area contributed by atoms with E-state index in [0.717, 1.165) is 23.0 Å². The zero-order chi connectivity index (χ0) is 13.1. The zero-order valence-electron chi connectivity index (χ0n) is 10.2. The summed E-state index contributed by atoms with van der Waals surface area (Å²) in [4.78, 5) is 10.7. The Labute approximate surface area is 110 Å². The average Bonchev–Trinajstić information content (AvgIpc) is 3.01. The molecule has 0 unspecified atom stereocenters. The Kier molecular flexibility index (Phi) is 3.35. The van der Waals surface area contributed by atoms with Crippen LogP contribution in [0.2, 0.25) is 0 Å². The van der Waals surface area contributed by atoms with Crippen LogP contribution >= 0.6 is 0 Å². The minimum atomic E-state index is -0.0121. The fourth-order valence-corrected chi connectivity index (χ4v) is 2.16. The van der Waals surface area contributed by atoms with Crippen molar-refractivity contribution in [2.24, 2.45) is 0 Å². The molecule has 0 radical (unpaired) electrons. The zero-order valence-corrected chi connectivity index (χ0v) is 10.2. The van der Waals surface area contributed by atoms with Crippen molar-refractivity contribution in [3.05, 3.63) is 59.7 Å². The third-order valence-electron chi connectivity index (χ3n) is 3.13. The molecule has 19 heavy (non-hydrogen) atoms. The first-order chi connectivity index (χ1) is 9.38. The lowest BCUT2D eigenvalue weighted by Crippen LogP contribution is -2.33. The van der Waals surface area contributed by atoms with E-state index in [0.29, 0.717) is 5.56 Å². The van der Waals surface area contributed by atoms with E-state index in [9.17, 15) is 4.79 Å². The van der Waals surface area contributed by atoms with Gasteiger partial charge in [-0.3, -0.25) is 4.79 Å². The van der Waals surface area contributed by atoms with E-state index in [1.54, 1.807) is 0 Å². The number of aldehydes is 1. The van der Waals surface area contributed by atoms with Gasteiger partial charge in [0.15, 0.2) is 0 Å². The average molecular weight is 254 g/mol. The molecule has 1 saturated heterocycles. The topological polar surface area (TPSA) is 65.2 Å². The molecule has 5 nitrogen and oxygen atoms in total. The van der Waals surface area contributed by atoms with Crippen LogP contribution in [0.4, 0.5) is 0 Å². The van der Waals surface area contributed by atoms with Gasteiger partial charge in [0, 0.05) is 5.56 Å². The summed E-state index contributed by atoms with van der Waals surface area (Å²) in [5, 5.41) is 0. The largest absolute Gasteiger partial charge is 0.298 e. The van der Waals surface area contributed by atoms with Gasteiger partial charge < -0.3 is 0 Å². The molecule has 0 spiro atoms. The van der Waals surface area contributed by atoms with Crippen LogP contribution in [-0.2, 0) is 0 Å². The van der Waals surface area contributed by atoms with E-state index in [2.05, 4.69) is 34.1 Å². The van der Waals surface area contributed by atoms with E-state index >= 15 is 0 Å². The maximum Gasteiger partial charge on any atom is 0.150 e. The predicted octanol–water partition coefficient (Wildman–Crippen LogP) is 1.28. The molecule has 0 amide bonds. The molecule has 4 N–H and O–H groups in total. The number of hydrogen-bond acceptors (Lipinski definition) is 5. The molecule has 0 aromatic heterocycles. The molecular formula is C14H14N4O. The molecule has 0 bridgehead atoms. The number of hydrogen-bond donors (Lipinski definition) is 4. The molecule has 1 aliphatic rings. The predicted molar refractivity (Wildman–Crippen MR) is 72.5 cm³/mol. The van der Waals surface area contributed by atoms with Gasteiger partial charge in [-0.05, 0) is 16.7 Å². The van der Waals surface area contributed by atoms with Gasteiger partial charge in [0.1, 0.15) is 12.5 Å². The Bertz CT molecular complexity index is 576. The maximum absolute atomic E-state index is 10.7. The van der Waals surface area contributed by atoms with E-state index in [1.807, 2.05) is 36.4 Å². The first-order valence-corrected chi connectivity index (χ1v) is 6.04. The molecular weight excluding hydrogens is 240 g/mol. The lowest BCUT2D eigenvalue weighted by molar-refractivity contribution is 0.112. The van der Waals surface area contributed by atoms with Crippen LogP contribution in [0, 0.1) is 0 Å². The van der Waals surface area contributed by atoms with Crippen LogP contribution < -0.4 is 21.9 Å². The van der Waals surface area contributed by atoms with E-state index in [4.69, 9.17) is 0 Å². The molecule has 5 heteroatoms. The van der Waals surface area contributed by atoms with Crippen molar-refractivity contribution < 1.29 is 4.79 Å². The Morgan fingerprint density at radius 3 is 2.26 bits per heavy atom. The molecule has 3 rings (SSSR count). The van der Waals surface area contributed by atoms with Crippen molar-refractivity contribution in [1.29, 1.82) is 0 Å². The SMILES string of the molecule is O=Cc1ccc(-c2ccccc2C2NNNN2)cc1. The van der Waals surface area contributed by atoms with Crippen LogP contribution in [0.15, 0.2) is 48.5 Å². The van der Waals surface area contributed by atoms with Crippen molar-refractivity contribution in [2.75, 3.05) is 0 Å². The Morgan fingerprint density at radius 2 is 1.58 bits per heavy atom. The standard InChI is InChI=1S/C14H14N4O/c19-9-10-5-7-11(8-6-10)12-3-1-2-4-13(12)14-15-17-18-16-14/h1-9,14-18H. The minimum Gasteiger partial charge on any atom is -0.298 e. The van der Waals surface area contributed by atoms with Crippen molar-refractivity contribution in [3.8, 4) is 11.1 Å². The van der Waals surface area contributed by atoms with Crippen LogP contribution in [-0.4, -0.2) is 6.29 Å². The van der Waals surface area contributed by atoms with Gasteiger partial charge in [-0.15, -0.1) is 0 Å². The van der Waals surface area contributed by atoms with E-state index in [1.165, 1.54) is 0 Å². The van der Waals surface area contributed by atoms with Crippen molar-refractivity contribution in [3.63, 3.8) is 0 Å². The summed E-state index contributed by atoms with van der Waals surface area (Å²) in [6.07, 6.45) is 0.839. The lowest BCUT2D eigenvalue weighted by atomic mass is 9.97. The monoisotopic (exact) mass is 254 g/mol. The normalized spacial score (nSPS) is 15.6. The van der Waals surface area contributed by atoms with Gasteiger partial charge in [-0.1, -0.05) is 48.5 Å².